The predicted molar refractivity (Wildman–Crippen MR) is 171 cm³/mol. The summed E-state index contributed by atoms with van der Waals surface area (Å²) in [7, 11) is 6.29. The van der Waals surface area contributed by atoms with E-state index in [0.29, 0.717) is 60.3 Å². The standard InChI is InChI=1S/C34H38N4O8/c1-43-27-11-5-21(17-29(27)45-3)13-15-35-25-19-31(39)37(33(25)41)23-7-9-24(10-8-23)38-32(40)20-26(34(38)42)36-16-14-22-6-12-28(44-2)30(18-22)46-4/h5-12,17-18,25-26,35-36H,13-16,19-20H2,1-4H3/t25-,26-/m0/s1. The van der Waals surface area contributed by atoms with Gasteiger partial charge in [-0.25, -0.2) is 9.80 Å². The van der Waals surface area contributed by atoms with Crippen molar-refractivity contribution in [3.63, 3.8) is 0 Å². The quantitative estimate of drug-likeness (QED) is 0.256. The fourth-order valence-corrected chi connectivity index (χ4v) is 5.73. The molecule has 2 fully saturated rings. The van der Waals surface area contributed by atoms with Gasteiger partial charge in [0.15, 0.2) is 23.0 Å². The van der Waals surface area contributed by atoms with Crippen molar-refractivity contribution in [3.05, 3.63) is 71.8 Å². The van der Waals surface area contributed by atoms with Crippen LogP contribution in [0.5, 0.6) is 23.0 Å². The fraction of sp³-hybridized carbons (Fsp3) is 0.353. The number of carbonyl (C=O) groups excluding carboxylic acids is 4. The monoisotopic (exact) mass is 630 g/mol. The lowest BCUT2D eigenvalue weighted by Gasteiger charge is -2.19. The third kappa shape index (κ3) is 6.82. The maximum Gasteiger partial charge on any atom is 0.251 e. The topological polar surface area (TPSA) is 136 Å². The summed E-state index contributed by atoms with van der Waals surface area (Å²) >= 11 is 0. The van der Waals surface area contributed by atoms with Crippen LogP contribution < -0.4 is 39.4 Å². The number of hydrogen-bond donors (Lipinski definition) is 2. The number of carbonyl (C=O) groups is 4. The van der Waals surface area contributed by atoms with Gasteiger partial charge in [-0.1, -0.05) is 12.1 Å². The molecule has 12 nitrogen and oxygen atoms in total. The molecule has 0 bridgehead atoms. The van der Waals surface area contributed by atoms with Gasteiger partial charge in [-0.2, -0.15) is 0 Å². The molecule has 5 rings (SSSR count). The second kappa shape index (κ2) is 14.4. The van der Waals surface area contributed by atoms with E-state index in [0.717, 1.165) is 20.9 Å². The molecule has 0 radical (unpaired) electrons. The van der Waals surface area contributed by atoms with Gasteiger partial charge in [-0.15, -0.1) is 0 Å². The molecule has 2 aliphatic rings. The lowest BCUT2D eigenvalue weighted by molar-refractivity contribution is -0.123. The van der Waals surface area contributed by atoms with E-state index >= 15 is 0 Å². The molecular weight excluding hydrogens is 592 g/mol. The highest BCUT2D eigenvalue weighted by molar-refractivity contribution is 6.24. The third-order valence-corrected chi connectivity index (χ3v) is 8.16. The maximum absolute atomic E-state index is 13.2. The van der Waals surface area contributed by atoms with Gasteiger partial charge in [0.2, 0.25) is 11.8 Å². The molecule has 2 saturated heterocycles. The summed E-state index contributed by atoms with van der Waals surface area (Å²) < 4.78 is 21.3. The number of amides is 4. The van der Waals surface area contributed by atoms with Crippen LogP contribution in [0.4, 0.5) is 11.4 Å². The lowest BCUT2D eigenvalue weighted by atomic mass is 10.1. The minimum atomic E-state index is -0.653. The van der Waals surface area contributed by atoms with Crippen LogP contribution >= 0.6 is 0 Å². The molecule has 3 aromatic carbocycles. The molecule has 0 aromatic heterocycles. The van der Waals surface area contributed by atoms with Gasteiger partial charge in [0, 0.05) is 0 Å². The number of anilines is 2. The minimum Gasteiger partial charge on any atom is -0.493 e. The van der Waals surface area contributed by atoms with Crippen molar-refractivity contribution >= 4 is 35.0 Å². The molecule has 46 heavy (non-hydrogen) atoms. The van der Waals surface area contributed by atoms with Gasteiger partial charge in [0.25, 0.3) is 11.8 Å². The molecule has 0 saturated carbocycles. The van der Waals surface area contributed by atoms with Crippen molar-refractivity contribution in [3.8, 4) is 23.0 Å². The molecule has 2 N–H and O–H groups in total. The Hall–Kier alpha value is -4.94. The Morgan fingerprint density at radius 3 is 1.28 bits per heavy atom. The zero-order chi connectivity index (χ0) is 32.8. The highest BCUT2D eigenvalue weighted by Crippen LogP contribution is 2.30. The van der Waals surface area contributed by atoms with Crippen LogP contribution in [-0.4, -0.2) is 77.2 Å². The summed E-state index contributed by atoms with van der Waals surface area (Å²) in [5.74, 6) is 1.16. The first kappa shape index (κ1) is 32.5. The van der Waals surface area contributed by atoms with Crippen LogP contribution in [0.15, 0.2) is 60.7 Å². The molecule has 2 atom stereocenters. The Kier molecular flexibility index (Phi) is 10.2. The lowest BCUT2D eigenvalue weighted by Crippen LogP contribution is -2.40. The predicted octanol–water partition coefficient (Wildman–Crippen LogP) is 2.65. The highest BCUT2D eigenvalue weighted by atomic mass is 16.5. The molecule has 4 amide bonds. The molecule has 3 aromatic rings. The number of rotatable bonds is 14. The first-order valence-corrected chi connectivity index (χ1v) is 15.0. The molecule has 0 spiro atoms. The molecule has 0 aliphatic carbocycles. The summed E-state index contributed by atoms with van der Waals surface area (Å²) in [6, 6.07) is 16.3. The highest BCUT2D eigenvalue weighted by Gasteiger charge is 2.41. The summed E-state index contributed by atoms with van der Waals surface area (Å²) in [5.41, 5.74) is 2.75. The van der Waals surface area contributed by atoms with E-state index in [1.54, 1.807) is 52.7 Å². The Morgan fingerprint density at radius 1 is 0.565 bits per heavy atom. The van der Waals surface area contributed by atoms with Crippen molar-refractivity contribution in [2.75, 3.05) is 51.3 Å². The molecule has 2 aliphatic heterocycles. The Morgan fingerprint density at radius 2 is 0.935 bits per heavy atom. The fourth-order valence-electron chi connectivity index (χ4n) is 5.73. The van der Waals surface area contributed by atoms with E-state index in [-0.39, 0.29) is 36.5 Å². The minimum absolute atomic E-state index is 0.0340. The van der Waals surface area contributed by atoms with Gasteiger partial charge in [0.05, 0.1) is 64.7 Å². The summed E-state index contributed by atoms with van der Waals surface area (Å²) in [4.78, 5) is 54.3. The van der Waals surface area contributed by atoms with Gasteiger partial charge in [0.1, 0.15) is 0 Å². The zero-order valence-corrected chi connectivity index (χ0v) is 26.3. The Labute approximate surface area is 267 Å². The first-order chi connectivity index (χ1) is 22.3. The smallest absolute Gasteiger partial charge is 0.251 e. The number of ether oxygens (including phenoxy) is 4. The third-order valence-electron chi connectivity index (χ3n) is 8.16. The summed E-state index contributed by atoms with van der Waals surface area (Å²) in [6.07, 6.45) is 1.31. The number of hydrogen-bond acceptors (Lipinski definition) is 10. The van der Waals surface area contributed by atoms with Crippen LogP contribution in [0.3, 0.4) is 0 Å². The number of benzene rings is 3. The van der Waals surface area contributed by atoms with Crippen molar-refractivity contribution in [2.24, 2.45) is 0 Å². The van der Waals surface area contributed by atoms with Crippen LogP contribution in [0.25, 0.3) is 0 Å². The first-order valence-electron chi connectivity index (χ1n) is 15.0. The molecule has 242 valence electrons. The van der Waals surface area contributed by atoms with Crippen molar-refractivity contribution < 1.29 is 38.1 Å². The van der Waals surface area contributed by atoms with Crippen molar-refractivity contribution in [1.29, 1.82) is 0 Å². The zero-order valence-electron chi connectivity index (χ0n) is 26.3. The second-order valence-electron chi connectivity index (χ2n) is 11.0. The molecule has 12 heteroatoms. The Bertz CT molecular complexity index is 1490. The van der Waals surface area contributed by atoms with Crippen LogP contribution in [-0.2, 0) is 32.0 Å². The molecular formula is C34H38N4O8. The van der Waals surface area contributed by atoms with E-state index < -0.39 is 12.1 Å². The van der Waals surface area contributed by atoms with E-state index in [9.17, 15) is 19.2 Å². The number of methoxy groups -OCH3 is 4. The largest absolute Gasteiger partial charge is 0.493 e. The molecule has 0 unspecified atom stereocenters. The average Bonchev–Trinajstić information content (AvgIpc) is 3.52. The normalized spacial score (nSPS) is 18.0. The maximum atomic E-state index is 13.2. The van der Waals surface area contributed by atoms with Gasteiger partial charge >= 0.3 is 0 Å². The van der Waals surface area contributed by atoms with Gasteiger partial charge in [-0.05, 0) is 85.6 Å². The number of nitrogens with one attached hydrogen (secondary N) is 2. The van der Waals surface area contributed by atoms with Gasteiger partial charge in [-0.3, -0.25) is 19.2 Å². The Balaban J connectivity index is 1.15. The number of nitrogens with zero attached hydrogens (tertiary/aromatic N) is 2. The van der Waals surface area contributed by atoms with E-state index in [1.165, 1.54) is 0 Å². The van der Waals surface area contributed by atoms with E-state index in [2.05, 4.69) is 10.6 Å². The molecule has 2 heterocycles. The second-order valence-corrected chi connectivity index (χ2v) is 11.0. The summed E-state index contributed by atoms with van der Waals surface area (Å²) in [5, 5.41) is 6.37. The average molecular weight is 631 g/mol. The van der Waals surface area contributed by atoms with E-state index in [1.807, 2.05) is 36.4 Å². The van der Waals surface area contributed by atoms with Crippen LogP contribution in [0.2, 0.25) is 0 Å². The van der Waals surface area contributed by atoms with Crippen molar-refractivity contribution in [2.45, 2.75) is 37.8 Å². The van der Waals surface area contributed by atoms with Crippen LogP contribution in [0.1, 0.15) is 24.0 Å². The SMILES string of the molecule is COc1ccc(CCN[C@H]2CC(=O)N(c3ccc(N4C(=O)C[C@H](NCCc5ccc(OC)c(OC)c5)C4=O)cc3)C2=O)cc1OC. The van der Waals surface area contributed by atoms with Gasteiger partial charge < -0.3 is 29.6 Å². The van der Waals surface area contributed by atoms with Crippen molar-refractivity contribution in [1.82, 2.24) is 10.6 Å². The van der Waals surface area contributed by atoms with E-state index in [4.69, 9.17) is 18.9 Å². The summed E-state index contributed by atoms with van der Waals surface area (Å²) in [6.45, 7) is 0.962. The van der Waals surface area contributed by atoms with Crippen LogP contribution in [0, 0.1) is 0 Å². The number of imide groups is 2.